The topological polar surface area (TPSA) is 130 Å². The predicted molar refractivity (Wildman–Crippen MR) is 131 cm³/mol. The van der Waals surface area contributed by atoms with Crippen LogP contribution in [0.3, 0.4) is 0 Å². The van der Waals surface area contributed by atoms with Crippen molar-refractivity contribution in [2.75, 3.05) is 66.0 Å². The molecule has 0 aromatic heterocycles. The number of aliphatic carboxylic acids is 1. The summed E-state index contributed by atoms with van der Waals surface area (Å²) in [6.07, 6.45) is 9.23. The summed E-state index contributed by atoms with van der Waals surface area (Å²) in [4.78, 5) is 33.3. The predicted octanol–water partition coefficient (Wildman–Crippen LogP) is 3.11. The van der Waals surface area contributed by atoms with E-state index in [0.29, 0.717) is 72.2 Å². The summed E-state index contributed by atoms with van der Waals surface area (Å²) in [6, 6.07) is 0. The number of ether oxygens (including phenoxy) is 5. The highest BCUT2D eigenvalue weighted by Gasteiger charge is 2.04. The highest BCUT2D eigenvalue weighted by atomic mass is 16.6. The summed E-state index contributed by atoms with van der Waals surface area (Å²) >= 11 is 0. The monoisotopic (exact) mass is 505 g/mol. The number of hydrogen-bond donors (Lipinski definition) is 2. The molecule has 0 radical (unpaired) electrons. The number of unbranched alkanes of at least 4 members (excludes halogenated alkanes) is 6. The molecule has 0 aliphatic heterocycles. The van der Waals surface area contributed by atoms with Crippen LogP contribution in [0.4, 0.5) is 0 Å². The Bertz CT molecular complexity index is 517. The number of esters is 1. The van der Waals surface area contributed by atoms with E-state index in [1.807, 2.05) is 0 Å². The maximum atomic E-state index is 11.6. The molecule has 0 saturated heterocycles. The van der Waals surface area contributed by atoms with E-state index < -0.39 is 5.97 Å². The number of amides is 1. The Morgan fingerprint density at radius 3 is 1.69 bits per heavy atom. The van der Waals surface area contributed by atoms with Crippen LogP contribution < -0.4 is 5.32 Å². The Balaban J connectivity index is 3.18. The van der Waals surface area contributed by atoms with Crippen molar-refractivity contribution in [2.24, 2.45) is 0 Å². The van der Waals surface area contributed by atoms with Crippen LogP contribution in [0.2, 0.25) is 0 Å². The molecule has 0 fully saturated rings. The molecule has 0 aromatic rings. The number of carboxylic acid groups (broad SMARTS) is 1. The largest absolute Gasteiger partial charge is 0.481 e. The lowest BCUT2D eigenvalue weighted by atomic mass is 10.1. The molecule has 10 nitrogen and oxygen atoms in total. The minimum atomic E-state index is -0.981. The number of carbonyl (C=O) groups is 3. The number of carbonyl (C=O) groups excluding carboxylic acids is 2. The highest BCUT2D eigenvalue weighted by molar-refractivity contribution is 5.80. The molecular formula is C25H47NO9. The minimum absolute atomic E-state index is 0.00689. The van der Waals surface area contributed by atoms with Gasteiger partial charge in [-0.3, -0.25) is 14.4 Å². The normalized spacial score (nSPS) is 10.9. The highest BCUT2D eigenvalue weighted by Crippen LogP contribution is 2.08. The average molecular weight is 506 g/mol. The molecule has 0 aliphatic rings. The summed E-state index contributed by atoms with van der Waals surface area (Å²) < 4.78 is 26.7. The first-order valence-corrected chi connectivity index (χ1v) is 13.0. The van der Waals surface area contributed by atoms with Gasteiger partial charge in [0.15, 0.2) is 0 Å². The lowest BCUT2D eigenvalue weighted by molar-refractivity contribution is -0.145. The molecule has 0 aliphatic carbocycles. The Morgan fingerprint density at radius 2 is 1.11 bits per heavy atom. The van der Waals surface area contributed by atoms with Crippen LogP contribution in [0.25, 0.3) is 0 Å². The van der Waals surface area contributed by atoms with Crippen molar-refractivity contribution in [1.82, 2.24) is 5.32 Å². The minimum Gasteiger partial charge on any atom is -0.481 e. The van der Waals surface area contributed by atoms with E-state index in [1.54, 1.807) is 0 Å². The van der Waals surface area contributed by atoms with Gasteiger partial charge in [0.05, 0.1) is 52.7 Å². The Morgan fingerprint density at radius 1 is 0.600 bits per heavy atom. The van der Waals surface area contributed by atoms with Crippen molar-refractivity contribution in [1.29, 1.82) is 0 Å². The van der Waals surface area contributed by atoms with Crippen molar-refractivity contribution in [2.45, 2.75) is 77.6 Å². The lowest BCUT2D eigenvalue weighted by Gasteiger charge is -2.08. The van der Waals surface area contributed by atoms with Crippen molar-refractivity contribution >= 4 is 17.8 Å². The molecule has 35 heavy (non-hydrogen) atoms. The van der Waals surface area contributed by atoms with Gasteiger partial charge in [0.2, 0.25) is 5.91 Å². The molecule has 0 aromatic carbocycles. The number of rotatable bonds is 27. The van der Waals surface area contributed by atoms with Crippen LogP contribution in [-0.2, 0) is 38.1 Å². The summed E-state index contributed by atoms with van der Waals surface area (Å²) in [5, 5.41) is 11.1. The fourth-order valence-electron chi connectivity index (χ4n) is 2.99. The van der Waals surface area contributed by atoms with Crippen molar-refractivity contribution in [3.63, 3.8) is 0 Å². The zero-order chi connectivity index (χ0) is 25.8. The molecule has 1 amide bonds. The van der Waals surface area contributed by atoms with E-state index >= 15 is 0 Å². The standard InChI is InChI=1S/C25H47NO9/c1-2-3-4-5-6-7-8-10-25(30)35-22-21-34-20-19-33-18-17-32-16-15-31-14-9-13-26-23(27)11-12-24(28)29/h2-22H2,1H3,(H,26,27)(H,28,29). The molecule has 0 rings (SSSR count). The van der Waals surface area contributed by atoms with Crippen LogP contribution in [0.1, 0.15) is 77.6 Å². The van der Waals surface area contributed by atoms with Crippen LogP contribution in [0.5, 0.6) is 0 Å². The quantitative estimate of drug-likeness (QED) is 0.128. The van der Waals surface area contributed by atoms with Gasteiger partial charge in [0, 0.05) is 26.0 Å². The fraction of sp³-hybridized carbons (Fsp3) is 0.880. The molecule has 0 spiro atoms. The first kappa shape index (κ1) is 33.2. The second-order valence-corrected chi connectivity index (χ2v) is 8.14. The third kappa shape index (κ3) is 28.4. The summed E-state index contributed by atoms with van der Waals surface area (Å²) in [7, 11) is 0. The van der Waals surface area contributed by atoms with Crippen molar-refractivity contribution in [3.8, 4) is 0 Å². The Hall–Kier alpha value is -1.75. The molecule has 10 heteroatoms. The fourth-order valence-corrected chi connectivity index (χ4v) is 2.99. The Labute approximate surface area is 210 Å². The van der Waals surface area contributed by atoms with E-state index in [1.165, 1.54) is 32.1 Å². The maximum absolute atomic E-state index is 11.6. The van der Waals surface area contributed by atoms with Gasteiger partial charge in [0.1, 0.15) is 6.61 Å². The molecule has 0 bridgehead atoms. The lowest BCUT2D eigenvalue weighted by Crippen LogP contribution is -2.25. The third-order valence-corrected chi connectivity index (χ3v) is 4.94. The summed E-state index contributed by atoms with van der Waals surface area (Å²) in [5.74, 6) is -1.40. The van der Waals surface area contributed by atoms with Crippen LogP contribution in [0, 0.1) is 0 Å². The Kier molecular flexibility index (Phi) is 25.5. The van der Waals surface area contributed by atoms with Gasteiger partial charge < -0.3 is 34.1 Å². The first-order valence-electron chi connectivity index (χ1n) is 13.0. The van der Waals surface area contributed by atoms with Crippen molar-refractivity contribution in [3.05, 3.63) is 0 Å². The zero-order valence-electron chi connectivity index (χ0n) is 21.6. The van der Waals surface area contributed by atoms with Crippen LogP contribution >= 0.6 is 0 Å². The smallest absolute Gasteiger partial charge is 0.305 e. The van der Waals surface area contributed by atoms with Gasteiger partial charge in [-0.2, -0.15) is 0 Å². The van der Waals surface area contributed by atoms with Gasteiger partial charge >= 0.3 is 11.9 Å². The SMILES string of the molecule is CCCCCCCCCC(=O)OCCOCCOCCOCCOCCCNC(=O)CCC(=O)O. The van der Waals surface area contributed by atoms with Gasteiger partial charge in [-0.25, -0.2) is 0 Å². The molecule has 2 N–H and O–H groups in total. The van der Waals surface area contributed by atoms with E-state index in [-0.39, 0.29) is 31.3 Å². The maximum Gasteiger partial charge on any atom is 0.305 e. The summed E-state index contributed by atoms with van der Waals surface area (Å²) in [5.41, 5.74) is 0. The average Bonchev–Trinajstić information content (AvgIpc) is 2.84. The number of nitrogens with one attached hydrogen (secondary N) is 1. The van der Waals surface area contributed by atoms with E-state index in [0.717, 1.165) is 12.8 Å². The first-order chi connectivity index (χ1) is 17.1. The molecular weight excluding hydrogens is 458 g/mol. The number of carboxylic acids is 1. The van der Waals surface area contributed by atoms with E-state index in [9.17, 15) is 14.4 Å². The third-order valence-electron chi connectivity index (χ3n) is 4.94. The molecule has 0 unspecified atom stereocenters. The van der Waals surface area contributed by atoms with Crippen LogP contribution in [0.15, 0.2) is 0 Å². The molecule has 0 heterocycles. The molecule has 206 valence electrons. The van der Waals surface area contributed by atoms with E-state index in [2.05, 4.69) is 12.2 Å². The summed E-state index contributed by atoms with van der Waals surface area (Å²) in [6.45, 7) is 6.50. The van der Waals surface area contributed by atoms with Crippen molar-refractivity contribution < 1.29 is 43.2 Å². The molecule has 0 atom stereocenters. The second-order valence-electron chi connectivity index (χ2n) is 8.14. The van der Waals surface area contributed by atoms with Gasteiger partial charge in [0.25, 0.3) is 0 Å². The second kappa shape index (κ2) is 26.8. The van der Waals surface area contributed by atoms with Gasteiger partial charge in [-0.05, 0) is 12.8 Å². The van der Waals surface area contributed by atoms with E-state index in [4.69, 9.17) is 28.8 Å². The zero-order valence-corrected chi connectivity index (χ0v) is 21.6. The number of hydrogen-bond acceptors (Lipinski definition) is 8. The van der Waals surface area contributed by atoms with Gasteiger partial charge in [-0.1, -0.05) is 45.4 Å². The van der Waals surface area contributed by atoms with Gasteiger partial charge in [-0.15, -0.1) is 0 Å². The van der Waals surface area contributed by atoms with Crippen LogP contribution in [-0.4, -0.2) is 89.0 Å². The molecule has 0 saturated carbocycles.